The zero-order chi connectivity index (χ0) is 13.9. The number of nitrogens with zero attached hydrogens (tertiary/aromatic N) is 1. The molecule has 0 aliphatic carbocycles. The summed E-state index contributed by atoms with van der Waals surface area (Å²) in [5.74, 6) is 0.619. The molecule has 0 saturated carbocycles. The molecular formula is C13H16N2O3S. The van der Waals surface area contributed by atoms with Crippen molar-refractivity contribution in [1.82, 2.24) is 4.98 Å². The minimum absolute atomic E-state index is 0.0512. The molecule has 0 bridgehead atoms. The van der Waals surface area contributed by atoms with E-state index in [0.29, 0.717) is 12.3 Å². The Hall–Kier alpha value is -1.82. The number of aromatic nitrogens is 1. The summed E-state index contributed by atoms with van der Waals surface area (Å²) in [5, 5.41) is 2.69. The standard InChI is InChI=1S/C13H16N2O3S/c1-3-7-11-15-13(12(14-2)18-11)19(16,17)10-8-5-4-6-9-10/h4-6,8-9,14H,3,7H2,1-2H3. The number of benzene rings is 1. The van der Waals surface area contributed by atoms with Crippen molar-refractivity contribution >= 4 is 15.7 Å². The lowest BCUT2D eigenvalue weighted by atomic mass is 10.3. The second-order valence-electron chi connectivity index (χ2n) is 4.06. The number of oxazole rings is 1. The summed E-state index contributed by atoms with van der Waals surface area (Å²) in [5.41, 5.74) is 0. The largest absolute Gasteiger partial charge is 0.424 e. The van der Waals surface area contributed by atoms with E-state index in [1.165, 1.54) is 0 Å². The average molecular weight is 280 g/mol. The van der Waals surface area contributed by atoms with E-state index >= 15 is 0 Å². The number of sulfone groups is 1. The molecule has 0 unspecified atom stereocenters. The molecule has 0 amide bonds. The maximum atomic E-state index is 12.5. The average Bonchev–Trinajstić information content (AvgIpc) is 2.84. The lowest BCUT2D eigenvalue weighted by molar-refractivity contribution is 0.503. The molecule has 0 radical (unpaired) electrons. The summed E-state index contributed by atoms with van der Waals surface area (Å²) >= 11 is 0. The van der Waals surface area contributed by atoms with Crippen LogP contribution in [0.15, 0.2) is 44.7 Å². The Bertz CT molecular complexity index is 648. The van der Waals surface area contributed by atoms with Gasteiger partial charge in [0.25, 0.3) is 0 Å². The Labute approximate surface area is 112 Å². The fraction of sp³-hybridized carbons (Fsp3) is 0.308. The van der Waals surface area contributed by atoms with Gasteiger partial charge in [-0.2, -0.15) is 4.98 Å². The van der Waals surface area contributed by atoms with E-state index < -0.39 is 9.84 Å². The van der Waals surface area contributed by atoms with E-state index in [0.717, 1.165) is 6.42 Å². The highest BCUT2D eigenvalue weighted by Crippen LogP contribution is 2.28. The smallest absolute Gasteiger partial charge is 0.233 e. The monoisotopic (exact) mass is 280 g/mol. The quantitative estimate of drug-likeness (QED) is 0.911. The minimum Gasteiger partial charge on any atom is -0.424 e. The molecular weight excluding hydrogens is 264 g/mol. The number of hydrogen-bond donors (Lipinski definition) is 1. The van der Waals surface area contributed by atoms with E-state index in [1.54, 1.807) is 37.4 Å². The van der Waals surface area contributed by atoms with Crippen molar-refractivity contribution in [3.63, 3.8) is 0 Å². The van der Waals surface area contributed by atoms with Crippen LogP contribution in [0, 0.1) is 0 Å². The summed E-state index contributed by atoms with van der Waals surface area (Å²) in [6, 6.07) is 8.22. The molecule has 0 aliphatic heterocycles. The van der Waals surface area contributed by atoms with Gasteiger partial charge in [0.05, 0.1) is 4.90 Å². The van der Waals surface area contributed by atoms with Gasteiger partial charge in [0.1, 0.15) is 0 Å². The molecule has 0 saturated heterocycles. The first-order valence-electron chi connectivity index (χ1n) is 6.07. The summed E-state index contributed by atoms with van der Waals surface area (Å²) < 4.78 is 30.3. The molecule has 2 rings (SSSR count). The van der Waals surface area contributed by atoms with Crippen LogP contribution in [-0.4, -0.2) is 20.4 Å². The molecule has 1 heterocycles. The first-order valence-corrected chi connectivity index (χ1v) is 7.55. The molecule has 5 nitrogen and oxygen atoms in total. The van der Waals surface area contributed by atoms with Crippen LogP contribution in [-0.2, 0) is 16.3 Å². The third-order valence-electron chi connectivity index (χ3n) is 2.64. The first-order chi connectivity index (χ1) is 9.09. The highest BCUT2D eigenvalue weighted by molar-refractivity contribution is 7.91. The highest BCUT2D eigenvalue weighted by Gasteiger charge is 2.27. The molecule has 19 heavy (non-hydrogen) atoms. The number of hydrogen-bond acceptors (Lipinski definition) is 5. The van der Waals surface area contributed by atoms with Gasteiger partial charge in [-0.05, 0) is 18.6 Å². The summed E-state index contributed by atoms with van der Waals surface area (Å²) in [6.07, 6.45) is 1.45. The minimum atomic E-state index is -3.65. The molecule has 0 spiro atoms. The number of aryl methyl sites for hydroxylation is 1. The van der Waals surface area contributed by atoms with Crippen molar-refractivity contribution in [3.8, 4) is 0 Å². The summed E-state index contributed by atoms with van der Waals surface area (Å²) in [7, 11) is -2.04. The number of nitrogens with one attached hydrogen (secondary N) is 1. The molecule has 1 aromatic heterocycles. The van der Waals surface area contributed by atoms with Crippen LogP contribution >= 0.6 is 0 Å². The van der Waals surface area contributed by atoms with Gasteiger partial charge in [0.2, 0.25) is 20.7 Å². The Morgan fingerprint density at radius 2 is 1.95 bits per heavy atom. The van der Waals surface area contributed by atoms with Gasteiger partial charge in [-0.15, -0.1) is 0 Å². The van der Waals surface area contributed by atoms with Gasteiger partial charge in [-0.3, -0.25) is 0 Å². The van der Waals surface area contributed by atoms with Crippen molar-refractivity contribution in [2.24, 2.45) is 0 Å². The lowest BCUT2D eigenvalue weighted by Crippen LogP contribution is -2.05. The first kappa shape index (κ1) is 13.6. The van der Waals surface area contributed by atoms with Gasteiger partial charge in [0, 0.05) is 13.5 Å². The molecule has 102 valence electrons. The van der Waals surface area contributed by atoms with Crippen LogP contribution in [0.25, 0.3) is 0 Å². The van der Waals surface area contributed by atoms with Crippen LogP contribution in [0.4, 0.5) is 5.88 Å². The van der Waals surface area contributed by atoms with Crippen molar-refractivity contribution in [1.29, 1.82) is 0 Å². The number of rotatable bonds is 5. The molecule has 1 aromatic carbocycles. The Morgan fingerprint density at radius 1 is 1.26 bits per heavy atom. The Morgan fingerprint density at radius 3 is 2.53 bits per heavy atom. The zero-order valence-corrected chi connectivity index (χ0v) is 11.7. The molecule has 0 aliphatic rings. The number of anilines is 1. The van der Waals surface area contributed by atoms with Gasteiger partial charge >= 0.3 is 0 Å². The van der Waals surface area contributed by atoms with E-state index in [4.69, 9.17) is 4.42 Å². The van der Waals surface area contributed by atoms with Gasteiger partial charge in [-0.1, -0.05) is 25.1 Å². The Kier molecular flexibility index (Phi) is 3.90. The lowest BCUT2D eigenvalue weighted by Gasteiger charge is -2.02. The molecule has 6 heteroatoms. The van der Waals surface area contributed by atoms with Gasteiger partial charge in [-0.25, -0.2) is 8.42 Å². The van der Waals surface area contributed by atoms with Crippen molar-refractivity contribution in [2.45, 2.75) is 29.7 Å². The van der Waals surface area contributed by atoms with Crippen molar-refractivity contribution < 1.29 is 12.8 Å². The fourth-order valence-corrected chi connectivity index (χ4v) is 3.07. The van der Waals surface area contributed by atoms with E-state index in [9.17, 15) is 8.42 Å². The zero-order valence-electron chi connectivity index (χ0n) is 10.9. The van der Waals surface area contributed by atoms with Gasteiger partial charge < -0.3 is 9.73 Å². The van der Waals surface area contributed by atoms with Crippen LogP contribution < -0.4 is 5.32 Å². The van der Waals surface area contributed by atoms with Gasteiger partial charge in [0.15, 0.2) is 5.89 Å². The predicted octanol–water partition coefficient (Wildman–Crippen LogP) is 2.50. The van der Waals surface area contributed by atoms with Crippen LogP contribution in [0.2, 0.25) is 0 Å². The third kappa shape index (κ3) is 2.63. The molecule has 2 aromatic rings. The second-order valence-corrected chi connectivity index (χ2v) is 5.92. The van der Waals surface area contributed by atoms with Crippen molar-refractivity contribution in [3.05, 3.63) is 36.2 Å². The topological polar surface area (TPSA) is 72.2 Å². The highest BCUT2D eigenvalue weighted by atomic mass is 32.2. The van der Waals surface area contributed by atoms with Crippen LogP contribution in [0.3, 0.4) is 0 Å². The van der Waals surface area contributed by atoms with Crippen LogP contribution in [0.1, 0.15) is 19.2 Å². The maximum Gasteiger partial charge on any atom is 0.233 e. The maximum absolute atomic E-state index is 12.5. The molecule has 0 fully saturated rings. The SMILES string of the molecule is CCCc1nc(S(=O)(=O)c2ccccc2)c(NC)o1. The summed E-state index contributed by atoms with van der Waals surface area (Å²) in [6.45, 7) is 1.98. The van der Waals surface area contributed by atoms with E-state index in [1.807, 2.05) is 6.92 Å². The second kappa shape index (κ2) is 5.44. The normalized spacial score (nSPS) is 11.5. The molecule has 0 atom stereocenters. The Balaban J connectivity index is 2.51. The molecule has 1 N–H and O–H groups in total. The van der Waals surface area contributed by atoms with Crippen molar-refractivity contribution in [2.75, 3.05) is 12.4 Å². The predicted molar refractivity (Wildman–Crippen MR) is 71.9 cm³/mol. The van der Waals surface area contributed by atoms with Crippen LogP contribution in [0.5, 0.6) is 0 Å². The van der Waals surface area contributed by atoms with E-state index in [2.05, 4.69) is 10.3 Å². The fourth-order valence-electron chi connectivity index (χ4n) is 1.72. The third-order valence-corrected chi connectivity index (χ3v) is 4.32. The summed E-state index contributed by atoms with van der Waals surface area (Å²) in [4.78, 5) is 4.31. The van der Waals surface area contributed by atoms with E-state index in [-0.39, 0.29) is 15.8 Å².